The maximum absolute atomic E-state index is 13.0. The van der Waals surface area contributed by atoms with Gasteiger partial charge in [-0.05, 0) is 56.0 Å². The van der Waals surface area contributed by atoms with Crippen molar-refractivity contribution in [3.63, 3.8) is 0 Å². The first-order valence-electron chi connectivity index (χ1n) is 13.8. The van der Waals surface area contributed by atoms with E-state index in [0.717, 1.165) is 82.0 Å². The van der Waals surface area contributed by atoms with Gasteiger partial charge in [-0.2, -0.15) is 5.10 Å². The predicted octanol–water partition coefficient (Wildman–Crippen LogP) is 6.20. The molecule has 6 rings (SSSR count). The Balaban J connectivity index is 1.34. The summed E-state index contributed by atoms with van der Waals surface area (Å²) in [6.45, 7) is 3.37. The Kier molecular flexibility index (Phi) is 7.07. The van der Waals surface area contributed by atoms with Crippen molar-refractivity contribution in [2.24, 2.45) is 0 Å². The van der Waals surface area contributed by atoms with E-state index >= 15 is 0 Å². The average molecular weight is 524 g/mol. The highest BCUT2D eigenvalue weighted by Gasteiger charge is 2.26. The van der Waals surface area contributed by atoms with Gasteiger partial charge in [-0.1, -0.05) is 54.6 Å². The second kappa shape index (κ2) is 10.9. The number of aliphatic hydroxyl groups is 1. The monoisotopic (exact) mass is 523 g/mol. The van der Waals surface area contributed by atoms with Crippen LogP contribution in [0.1, 0.15) is 53.6 Å². The van der Waals surface area contributed by atoms with Crippen LogP contribution in [0.2, 0.25) is 0 Å². The van der Waals surface area contributed by atoms with E-state index in [-0.39, 0.29) is 12.6 Å². The van der Waals surface area contributed by atoms with Crippen molar-refractivity contribution in [1.29, 1.82) is 0 Å². The van der Waals surface area contributed by atoms with Crippen LogP contribution in [-0.4, -0.2) is 39.1 Å². The minimum Gasteiger partial charge on any atom is -0.493 e. The van der Waals surface area contributed by atoms with Crippen LogP contribution in [0.4, 0.5) is 0 Å². The average Bonchev–Trinajstić information content (AvgIpc) is 3.54. The largest absolute Gasteiger partial charge is 0.493 e. The second-order valence-corrected chi connectivity index (χ2v) is 9.96. The molecule has 0 saturated heterocycles. The molecule has 0 amide bonds. The van der Waals surface area contributed by atoms with Gasteiger partial charge in [0.15, 0.2) is 0 Å². The van der Waals surface area contributed by atoms with Gasteiger partial charge in [-0.15, -0.1) is 0 Å². The molecular formula is C32H33N3O4. The molecule has 0 atom stereocenters. The summed E-state index contributed by atoms with van der Waals surface area (Å²) in [5.41, 5.74) is 6.05. The first-order chi connectivity index (χ1) is 19.2. The number of carbonyl (C=O) groups excluding carboxylic acids is 1. The summed E-state index contributed by atoms with van der Waals surface area (Å²) in [4.78, 5) is 16.5. The molecule has 0 saturated carbocycles. The molecular weight excluding hydrogens is 490 g/mol. The molecule has 0 aliphatic carbocycles. The number of hydrogen-bond donors (Lipinski definition) is 2. The first-order valence-corrected chi connectivity index (χ1v) is 13.8. The van der Waals surface area contributed by atoms with Crippen LogP contribution < -0.4 is 4.74 Å². The smallest absolute Gasteiger partial charge is 0.355 e. The zero-order chi connectivity index (χ0) is 26.8. The van der Waals surface area contributed by atoms with Gasteiger partial charge in [0.2, 0.25) is 0 Å². The van der Waals surface area contributed by atoms with Crippen molar-refractivity contribution in [2.75, 3.05) is 13.2 Å². The molecule has 7 nitrogen and oxygen atoms in total. The highest BCUT2D eigenvalue weighted by molar-refractivity contribution is 6.04. The Morgan fingerprint density at radius 2 is 1.87 bits per heavy atom. The summed E-state index contributed by atoms with van der Waals surface area (Å²) in [6, 6.07) is 20.4. The number of aromatic amines is 1. The Labute approximate surface area is 227 Å². The zero-order valence-corrected chi connectivity index (χ0v) is 22.2. The van der Waals surface area contributed by atoms with Crippen molar-refractivity contribution in [3.05, 3.63) is 83.3 Å². The SMILES string of the molecule is CCOC(=O)c1[nH]c2c(-c3c(CO)nn4c3CCCC4)cccc2c1CCCOc1cccc2ccccc12. The maximum atomic E-state index is 13.0. The van der Waals surface area contributed by atoms with Crippen molar-refractivity contribution in [2.45, 2.75) is 52.2 Å². The number of para-hydroxylation sites is 1. The van der Waals surface area contributed by atoms with Gasteiger partial charge in [0.1, 0.15) is 11.4 Å². The Morgan fingerprint density at radius 1 is 1.05 bits per heavy atom. The van der Waals surface area contributed by atoms with Gasteiger partial charge in [-0.3, -0.25) is 4.68 Å². The van der Waals surface area contributed by atoms with Crippen LogP contribution in [0.25, 0.3) is 32.8 Å². The lowest BCUT2D eigenvalue weighted by molar-refractivity contribution is 0.0519. The number of H-pyrrole nitrogens is 1. The maximum Gasteiger partial charge on any atom is 0.355 e. The third-order valence-corrected chi connectivity index (χ3v) is 7.58. The molecule has 0 bridgehead atoms. The lowest BCUT2D eigenvalue weighted by Gasteiger charge is -2.15. The van der Waals surface area contributed by atoms with Crippen LogP contribution in [0.3, 0.4) is 0 Å². The molecule has 0 fully saturated rings. The molecule has 3 heterocycles. The molecule has 3 aromatic carbocycles. The predicted molar refractivity (Wildman–Crippen MR) is 152 cm³/mol. The van der Waals surface area contributed by atoms with E-state index in [1.807, 2.05) is 54.1 Å². The number of ether oxygens (including phenoxy) is 2. The van der Waals surface area contributed by atoms with E-state index in [4.69, 9.17) is 14.6 Å². The van der Waals surface area contributed by atoms with Crippen LogP contribution >= 0.6 is 0 Å². The second-order valence-electron chi connectivity index (χ2n) is 9.96. The standard InChI is InChI=1S/C32H33N3O4/c1-2-38-32(37)31-24(15-9-19-39-28-17-7-11-21-10-3-4-12-22(21)28)23-13-8-14-25(30(23)33-31)29-26(20-36)34-35-18-6-5-16-27(29)35/h3-4,7-8,10-14,17,33,36H,2,5-6,9,15-16,18-20H2,1H3. The van der Waals surface area contributed by atoms with E-state index in [9.17, 15) is 9.90 Å². The van der Waals surface area contributed by atoms with Crippen LogP contribution in [0, 0.1) is 0 Å². The lowest BCUT2D eigenvalue weighted by atomic mass is 9.95. The van der Waals surface area contributed by atoms with Crippen molar-refractivity contribution in [1.82, 2.24) is 14.8 Å². The number of rotatable bonds is 9. The van der Waals surface area contributed by atoms with Gasteiger partial charge in [-0.25, -0.2) is 4.79 Å². The fourth-order valence-electron chi connectivity index (χ4n) is 5.84. The van der Waals surface area contributed by atoms with E-state index in [0.29, 0.717) is 31.0 Å². The van der Waals surface area contributed by atoms with Crippen molar-refractivity contribution < 1.29 is 19.4 Å². The van der Waals surface area contributed by atoms with E-state index in [1.165, 1.54) is 0 Å². The van der Waals surface area contributed by atoms with E-state index < -0.39 is 0 Å². The minimum absolute atomic E-state index is 0.129. The molecule has 1 aliphatic heterocycles. The third-order valence-electron chi connectivity index (χ3n) is 7.58. The normalized spacial score (nSPS) is 13.1. The fraction of sp³-hybridized carbons (Fsp3) is 0.312. The number of benzene rings is 3. The van der Waals surface area contributed by atoms with Crippen LogP contribution in [-0.2, 0) is 30.7 Å². The highest BCUT2D eigenvalue weighted by atomic mass is 16.5. The van der Waals surface area contributed by atoms with Gasteiger partial charge in [0.05, 0.1) is 31.0 Å². The Hall–Kier alpha value is -4.10. The number of aromatic nitrogens is 3. The van der Waals surface area contributed by atoms with Gasteiger partial charge >= 0.3 is 5.97 Å². The topological polar surface area (TPSA) is 89.4 Å². The Morgan fingerprint density at radius 3 is 2.74 bits per heavy atom. The molecule has 0 spiro atoms. The summed E-state index contributed by atoms with van der Waals surface area (Å²) in [5, 5.41) is 18.1. The molecule has 1 aliphatic rings. The molecule has 200 valence electrons. The molecule has 39 heavy (non-hydrogen) atoms. The number of esters is 1. The Bertz CT molecular complexity index is 1640. The van der Waals surface area contributed by atoms with Gasteiger partial charge in [0, 0.05) is 34.1 Å². The quantitative estimate of drug-likeness (QED) is 0.177. The summed E-state index contributed by atoms with van der Waals surface area (Å²) in [6.07, 6.45) is 4.49. The fourth-order valence-corrected chi connectivity index (χ4v) is 5.84. The van der Waals surface area contributed by atoms with Crippen molar-refractivity contribution >= 4 is 27.6 Å². The third kappa shape index (κ3) is 4.68. The lowest BCUT2D eigenvalue weighted by Crippen LogP contribution is -2.11. The van der Waals surface area contributed by atoms with Crippen molar-refractivity contribution in [3.8, 4) is 16.9 Å². The molecule has 5 aromatic rings. The molecule has 2 N–H and O–H groups in total. The van der Waals surface area contributed by atoms with Crippen LogP contribution in [0.15, 0.2) is 60.7 Å². The van der Waals surface area contributed by atoms with Gasteiger partial charge in [0.25, 0.3) is 0 Å². The molecule has 2 aromatic heterocycles. The number of hydrogen-bond acceptors (Lipinski definition) is 5. The number of aliphatic hydroxyl groups excluding tert-OH is 1. The van der Waals surface area contributed by atoms with Gasteiger partial charge < -0.3 is 19.6 Å². The summed E-state index contributed by atoms with van der Waals surface area (Å²) in [5.74, 6) is 0.506. The minimum atomic E-state index is -0.357. The number of carbonyl (C=O) groups is 1. The number of nitrogens with zero attached hydrogens (tertiary/aromatic N) is 2. The number of nitrogens with one attached hydrogen (secondary N) is 1. The first kappa shape index (κ1) is 25.2. The highest BCUT2D eigenvalue weighted by Crippen LogP contribution is 2.38. The zero-order valence-electron chi connectivity index (χ0n) is 22.2. The summed E-state index contributed by atoms with van der Waals surface area (Å²) in [7, 11) is 0. The van der Waals surface area contributed by atoms with E-state index in [1.54, 1.807) is 0 Å². The van der Waals surface area contributed by atoms with Crippen LogP contribution in [0.5, 0.6) is 5.75 Å². The number of fused-ring (bicyclic) bond motifs is 3. The number of aryl methyl sites for hydroxylation is 2. The molecule has 7 heteroatoms. The summed E-state index contributed by atoms with van der Waals surface area (Å²) < 4.78 is 13.6. The van der Waals surface area contributed by atoms with E-state index in [2.05, 4.69) is 23.2 Å². The molecule has 0 radical (unpaired) electrons. The summed E-state index contributed by atoms with van der Waals surface area (Å²) >= 11 is 0. The molecule has 0 unspecified atom stereocenters.